The van der Waals surface area contributed by atoms with Crippen molar-refractivity contribution in [2.75, 3.05) is 18.6 Å². The topological polar surface area (TPSA) is 69.7 Å². The maximum absolute atomic E-state index is 12.0. The quantitative estimate of drug-likeness (QED) is 0.534. The first-order valence-corrected chi connectivity index (χ1v) is 12.5. The van der Waals surface area contributed by atoms with Crippen LogP contribution in [0, 0.1) is 13.8 Å². The molecule has 3 aromatic rings. The standard InChI is InChI=1S/C23H24O5S2/c1-14-12-18(28-17-8-10-30(25,26)11-9-17)5-6-19(14)22-15(2)29-21-7-4-16(13-20(21)22)23(24)27-3/h4-7,12-13,17H,8-11H2,1-3H3. The number of esters is 1. The third kappa shape index (κ3) is 4.09. The molecular weight excluding hydrogens is 420 g/mol. The number of carbonyl (C=O) groups excluding carboxylic acids is 1. The Labute approximate surface area is 180 Å². The normalized spacial score (nSPS) is 16.5. The van der Waals surface area contributed by atoms with Gasteiger partial charge < -0.3 is 9.47 Å². The van der Waals surface area contributed by atoms with Gasteiger partial charge in [-0.15, -0.1) is 11.3 Å². The second-order valence-electron chi connectivity index (χ2n) is 7.68. The number of rotatable bonds is 4. The van der Waals surface area contributed by atoms with Gasteiger partial charge >= 0.3 is 5.97 Å². The Kier molecular flexibility index (Phi) is 5.59. The minimum absolute atomic E-state index is 0.0647. The Hall–Kier alpha value is -2.38. The molecule has 2 heterocycles. The summed E-state index contributed by atoms with van der Waals surface area (Å²) >= 11 is 1.70. The van der Waals surface area contributed by atoms with Crippen LogP contribution in [0.2, 0.25) is 0 Å². The molecule has 1 saturated heterocycles. The third-order valence-electron chi connectivity index (χ3n) is 5.56. The Bertz CT molecular complexity index is 1210. The van der Waals surface area contributed by atoms with Gasteiger partial charge in [0.25, 0.3) is 0 Å². The summed E-state index contributed by atoms with van der Waals surface area (Å²) in [7, 11) is -1.52. The summed E-state index contributed by atoms with van der Waals surface area (Å²) in [6.07, 6.45) is 1.01. The van der Waals surface area contributed by atoms with Gasteiger partial charge in [0, 0.05) is 20.5 Å². The number of thiophene rings is 1. The molecule has 0 N–H and O–H groups in total. The Morgan fingerprint density at radius 1 is 1.07 bits per heavy atom. The molecule has 0 saturated carbocycles. The molecule has 1 aliphatic rings. The van der Waals surface area contributed by atoms with Crippen molar-refractivity contribution in [3.8, 4) is 16.9 Å². The highest BCUT2D eigenvalue weighted by Crippen LogP contribution is 2.41. The van der Waals surface area contributed by atoms with E-state index in [0.29, 0.717) is 18.4 Å². The highest BCUT2D eigenvalue weighted by Gasteiger charge is 2.25. The maximum Gasteiger partial charge on any atom is 0.337 e. The van der Waals surface area contributed by atoms with E-state index in [1.807, 2.05) is 37.3 Å². The van der Waals surface area contributed by atoms with E-state index in [2.05, 4.69) is 6.92 Å². The molecule has 5 nitrogen and oxygen atoms in total. The van der Waals surface area contributed by atoms with E-state index in [0.717, 1.165) is 32.5 Å². The second-order valence-corrected chi connectivity index (χ2v) is 11.2. The van der Waals surface area contributed by atoms with Crippen molar-refractivity contribution in [2.45, 2.75) is 32.8 Å². The zero-order valence-corrected chi connectivity index (χ0v) is 18.9. The van der Waals surface area contributed by atoms with E-state index in [9.17, 15) is 13.2 Å². The maximum atomic E-state index is 12.0. The summed E-state index contributed by atoms with van der Waals surface area (Å²) in [6, 6.07) is 11.6. The summed E-state index contributed by atoms with van der Waals surface area (Å²) in [5, 5.41) is 1.04. The molecule has 0 atom stereocenters. The van der Waals surface area contributed by atoms with Gasteiger partial charge in [-0.3, -0.25) is 0 Å². The lowest BCUT2D eigenvalue weighted by atomic mass is 9.97. The van der Waals surface area contributed by atoms with Crippen LogP contribution in [-0.4, -0.2) is 39.1 Å². The first-order valence-electron chi connectivity index (χ1n) is 9.87. The van der Waals surface area contributed by atoms with Gasteiger partial charge in [0.15, 0.2) is 9.84 Å². The van der Waals surface area contributed by atoms with Crippen LogP contribution in [0.25, 0.3) is 21.2 Å². The zero-order valence-electron chi connectivity index (χ0n) is 17.2. The van der Waals surface area contributed by atoms with Gasteiger partial charge in [-0.05, 0) is 68.1 Å². The first kappa shape index (κ1) is 20.9. The predicted molar refractivity (Wildman–Crippen MR) is 120 cm³/mol. The van der Waals surface area contributed by atoms with Crippen LogP contribution < -0.4 is 4.74 Å². The molecule has 0 unspecified atom stereocenters. The minimum atomic E-state index is -2.90. The summed E-state index contributed by atoms with van der Waals surface area (Å²) in [5.41, 5.74) is 3.82. The number of methoxy groups -OCH3 is 1. The molecule has 7 heteroatoms. The molecular formula is C23H24O5S2. The van der Waals surface area contributed by atoms with Crippen molar-refractivity contribution < 1.29 is 22.7 Å². The molecule has 0 radical (unpaired) electrons. The molecule has 158 valence electrons. The molecule has 4 rings (SSSR count). The lowest BCUT2D eigenvalue weighted by Crippen LogP contribution is -2.30. The van der Waals surface area contributed by atoms with Gasteiger partial charge in [-0.25, -0.2) is 13.2 Å². The lowest BCUT2D eigenvalue weighted by Gasteiger charge is -2.23. The van der Waals surface area contributed by atoms with Crippen LogP contribution in [0.1, 0.15) is 33.6 Å². The second kappa shape index (κ2) is 8.04. The van der Waals surface area contributed by atoms with Crippen molar-refractivity contribution in [1.82, 2.24) is 0 Å². The largest absolute Gasteiger partial charge is 0.490 e. The molecule has 0 spiro atoms. The SMILES string of the molecule is COC(=O)c1ccc2sc(C)c(-c3ccc(OC4CCS(=O)(=O)CC4)cc3C)c2c1. The fourth-order valence-electron chi connectivity index (χ4n) is 3.97. The van der Waals surface area contributed by atoms with Crippen LogP contribution in [0.3, 0.4) is 0 Å². The molecule has 1 fully saturated rings. The number of ether oxygens (including phenoxy) is 2. The number of hydrogen-bond acceptors (Lipinski definition) is 6. The highest BCUT2D eigenvalue weighted by atomic mass is 32.2. The lowest BCUT2D eigenvalue weighted by molar-refractivity contribution is 0.0601. The summed E-state index contributed by atoms with van der Waals surface area (Å²) in [5.74, 6) is 0.795. The molecule has 1 aliphatic heterocycles. The summed E-state index contributed by atoms with van der Waals surface area (Å²) < 4.78 is 35.3. The fraction of sp³-hybridized carbons (Fsp3) is 0.348. The molecule has 0 aliphatic carbocycles. The van der Waals surface area contributed by atoms with Crippen LogP contribution in [0.4, 0.5) is 0 Å². The zero-order chi connectivity index (χ0) is 21.5. The summed E-state index contributed by atoms with van der Waals surface area (Å²) in [4.78, 5) is 13.2. The van der Waals surface area contributed by atoms with E-state index in [4.69, 9.17) is 9.47 Å². The van der Waals surface area contributed by atoms with E-state index >= 15 is 0 Å². The molecule has 30 heavy (non-hydrogen) atoms. The first-order chi connectivity index (χ1) is 14.3. The van der Waals surface area contributed by atoms with Gasteiger partial charge in [0.2, 0.25) is 0 Å². The van der Waals surface area contributed by atoms with Crippen LogP contribution in [0.5, 0.6) is 5.75 Å². The predicted octanol–water partition coefficient (Wildman–Crippen LogP) is 4.93. The number of benzene rings is 2. The van der Waals surface area contributed by atoms with Gasteiger partial charge in [-0.1, -0.05) is 6.07 Å². The van der Waals surface area contributed by atoms with E-state index in [1.54, 1.807) is 17.4 Å². The van der Waals surface area contributed by atoms with Crippen LogP contribution >= 0.6 is 11.3 Å². The number of hydrogen-bond donors (Lipinski definition) is 0. The van der Waals surface area contributed by atoms with Crippen molar-refractivity contribution >= 4 is 37.2 Å². The third-order valence-corrected chi connectivity index (χ3v) is 8.36. The Morgan fingerprint density at radius 2 is 1.80 bits per heavy atom. The Morgan fingerprint density at radius 3 is 2.47 bits per heavy atom. The summed E-state index contributed by atoms with van der Waals surface area (Å²) in [6.45, 7) is 4.13. The van der Waals surface area contributed by atoms with Crippen molar-refractivity contribution in [3.63, 3.8) is 0 Å². The highest BCUT2D eigenvalue weighted by molar-refractivity contribution is 7.91. The van der Waals surface area contributed by atoms with Gasteiger partial charge in [0.05, 0.1) is 24.2 Å². The fourth-order valence-corrected chi connectivity index (χ4v) is 6.48. The Balaban J connectivity index is 1.65. The average Bonchev–Trinajstić information content (AvgIpc) is 3.04. The average molecular weight is 445 g/mol. The van der Waals surface area contributed by atoms with Crippen LogP contribution in [0.15, 0.2) is 36.4 Å². The monoisotopic (exact) mass is 444 g/mol. The van der Waals surface area contributed by atoms with Crippen molar-refractivity contribution in [3.05, 3.63) is 52.4 Å². The number of carbonyl (C=O) groups is 1. The van der Waals surface area contributed by atoms with E-state index < -0.39 is 9.84 Å². The van der Waals surface area contributed by atoms with Crippen molar-refractivity contribution in [1.29, 1.82) is 0 Å². The smallest absolute Gasteiger partial charge is 0.337 e. The molecule has 1 aromatic heterocycles. The van der Waals surface area contributed by atoms with Crippen molar-refractivity contribution in [2.24, 2.45) is 0 Å². The molecule has 0 bridgehead atoms. The van der Waals surface area contributed by atoms with Crippen LogP contribution in [-0.2, 0) is 14.6 Å². The molecule has 2 aromatic carbocycles. The number of sulfone groups is 1. The molecule has 0 amide bonds. The number of fused-ring (bicyclic) bond motifs is 1. The van der Waals surface area contributed by atoms with Gasteiger partial charge in [0.1, 0.15) is 11.9 Å². The van der Waals surface area contributed by atoms with E-state index in [1.165, 1.54) is 12.0 Å². The van der Waals surface area contributed by atoms with Gasteiger partial charge in [-0.2, -0.15) is 0 Å². The van der Waals surface area contributed by atoms with E-state index in [-0.39, 0.29) is 23.6 Å². The number of aryl methyl sites for hydroxylation is 2. The minimum Gasteiger partial charge on any atom is -0.490 e.